The van der Waals surface area contributed by atoms with Gasteiger partial charge in [0, 0.05) is 0 Å². The third kappa shape index (κ3) is 1.53. The summed E-state index contributed by atoms with van der Waals surface area (Å²) < 4.78 is 5.51. The minimum absolute atomic E-state index is 0.0394. The predicted molar refractivity (Wildman–Crippen MR) is 47.8 cm³/mol. The Morgan fingerprint density at radius 1 is 1.75 bits per heavy atom. The van der Waals surface area contributed by atoms with Gasteiger partial charge in [0.25, 0.3) is 0 Å². The van der Waals surface area contributed by atoms with E-state index >= 15 is 0 Å². The third-order valence-electron chi connectivity index (χ3n) is 2.59. The first-order valence-corrected chi connectivity index (χ1v) is 4.16. The van der Waals surface area contributed by atoms with Gasteiger partial charge in [0.2, 0.25) is 0 Å². The Bertz CT molecular complexity index is 179. The van der Waals surface area contributed by atoms with Gasteiger partial charge in [-0.2, -0.15) is 0 Å². The molecule has 1 aliphatic heterocycles. The number of aliphatic hydroxyl groups excluding tert-OH is 1. The molecule has 0 bridgehead atoms. The zero-order valence-electron chi connectivity index (χ0n) is 7.95. The van der Waals surface area contributed by atoms with Crippen LogP contribution in [0, 0.1) is 0 Å². The van der Waals surface area contributed by atoms with Gasteiger partial charge >= 0.3 is 0 Å². The van der Waals surface area contributed by atoms with Crippen LogP contribution in [0.15, 0.2) is 12.7 Å². The quantitative estimate of drug-likeness (QED) is 0.618. The van der Waals surface area contributed by atoms with E-state index in [0.29, 0.717) is 6.61 Å². The third-order valence-corrected chi connectivity index (χ3v) is 2.59. The Hall–Kier alpha value is -0.380. The molecule has 1 saturated heterocycles. The smallest absolute Gasteiger partial charge is 0.116 e. The Kier molecular flexibility index (Phi) is 2.56. The highest BCUT2D eigenvalue weighted by atomic mass is 16.5. The van der Waals surface area contributed by atoms with Gasteiger partial charge < -0.3 is 9.84 Å². The molecule has 0 amide bonds. The maximum absolute atomic E-state index is 9.52. The van der Waals surface area contributed by atoms with Crippen LogP contribution in [-0.2, 0) is 4.74 Å². The van der Waals surface area contributed by atoms with Gasteiger partial charge in [0.05, 0.1) is 18.8 Å². The Balaban J connectivity index is 2.66. The number of rotatable bonds is 2. The van der Waals surface area contributed by atoms with E-state index in [2.05, 4.69) is 6.58 Å². The van der Waals surface area contributed by atoms with Crippen LogP contribution in [0.25, 0.3) is 0 Å². The van der Waals surface area contributed by atoms with Crippen LogP contribution in [-0.4, -0.2) is 41.5 Å². The number of likely N-dealkylation sites (N-methyl/N-ethyl adjacent to an activating group) is 1. The normalized spacial score (nSPS) is 31.8. The van der Waals surface area contributed by atoms with Crippen LogP contribution in [0.1, 0.15) is 13.8 Å². The molecule has 0 radical (unpaired) electrons. The summed E-state index contributed by atoms with van der Waals surface area (Å²) >= 11 is 0. The summed E-state index contributed by atoms with van der Waals surface area (Å²) in [7, 11) is 1.95. The van der Waals surface area contributed by atoms with Gasteiger partial charge in [-0.3, -0.25) is 4.90 Å². The SMILES string of the molecule is C=CC(O)[C@H]1COC(C)(C)N1C. The first kappa shape index (κ1) is 9.71. The lowest BCUT2D eigenvalue weighted by molar-refractivity contribution is -0.0444. The summed E-state index contributed by atoms with van der Waals surface area (Å²) in [4.78, 5) is 2.03. The lowest BCUT2D eigenvalue weighted by Crippen LogP contribution is -2.45. The standard InChI is InChI=1S/C9H17NO2/c1-5-8(11)7-6-12-9(2,3)10(7)4/h5,7-8,11H,1,6H2,2-4H3/t7-,8?/m1/s1. The number of nitrogens with zero attached hydrogens (tertiary/aromatic N) is 1. The van der Waals surface area contributed by atoms with E-state index in [1.165, 1.54) is 0 Å². The molecule has 1 unspecified atom stereocenters. The summed E-state index contributed by atoms with van der Waals surface area (Å²) in [5.74, 6) is 0. The number of ether oxygens (including phenoxy) is 1. The minimum Gasteiger partial charge on any atom is -0.387 e. The van der Waals surface area contributed by atoms with Gasteiger partial charge in [-0.05, 0) is 20.9 Å². The van der Waals surface area contributed by atoms with Crippen LogP contribution in [0.5, 0.6) is 0 Å². The second kappa shape index (κ2) is 3.17. The molecule has 0 saturated carbocycles. The molecule has 0 aromatic carbocycles. The van der Waals surface area contributed by atoms with Crippen molar-refractivity contribution in [1.82, 2.24) is 4.90 Å². The lowest BCUT2D eigenvalue weighted by Gasteiger charge is -2.30. The Morgan fingerprint density at radius 2 is 2.33 bits per heavy atom. The summed E-state index contributed by atoms with van der Waals surface area (Å²) in [6.07, 6.45) is 1.04. The van der Waals surface area contributed by atoms with Crippen molar-refractivity contribution >= 4 is 0 Å². The Morgan fingerprint density at radius 3 is 2.67 bits per heavy atom. The fourth-order valence-electron chi connectivity index (χ4n) is 1.39. The maximum atomic E-state index is 9.52. The average molecular weight is 171 g/mol. The van der Waals surface area contributed by atoms with Crippen LogP contribution in [0.4, 0.5) is 0 Å². The number of hydrogen-bond acceptors (Lipinski definition) is 3. The van der Waals surface area contributed by atoms with Crippen LogP contribution in [0.2, 0.25) is 0 Å². The summed E-state index contributed by atoms with van der Waals surface area (Å²) in [6.45, 7) is 8.10. The number of hydrogen-bond donors (Lipinski definition) is 1. The second-order valence-electron chi connectivity index (χ2n) is 3.66. The van der Waals surface area contributed by atoms with Crippen molar-refractivity contribution < 1.29 is 9.84 Å². The van der Waals surface area contributed by atoms with E-state index in [9.17, 15) is 5.11 Å². The van der Waals surface area contributed by atoms with E-state index in [0.717, 1.165) is 0 Å². The molecule has 1 rings (SSSR count). The van der Waals surface area contributed by atoms with Crippen molar-refractivity contribution in [3.63, 3.8) is 0 Å². The lowest BCUT2D eigenvalue weighted by atomic mass is 10.1. The molecule has 1 heterocycles. The van der Waals surface area contributed by atoms with E-state index < -0.39 is 6.10 Å². The van der Waals surface area contributed by atoms with Gasteiger partial charge in [-0.25, -0.2) is 0 Å². The summed E-state index contributed by atoms with van der Waals surface area (Å²) in [6, 6.07) is 0.0394. The first-order valence-electron chi connectivity index (χ1n) is 4.16. The molecule has 0 aliphatic carbocycles. The summed E-state index contributed by atoms with van der Waals surface area (Å²) in [5.41, 5.74) is -0.269. The average Bonchev–Trinajstić information content (AvgIpc) is 2.27. The van der Waals surface area contributed by atoms with E-state index in [1.54, 1.807) is 6.08 Å². The van der Waals surface area contributed by atoms with Crippen molar-refractivity contribution in [1.29, 1.82) is 0 Å². The highest BCUT2D eigenvalue weighted by Gasteiger charge is 2.40. The molecule has 12 heavy (non-hydrogen) atoms. The van der Waals surface area contributed by atoms with Crippen molar-refractivity contribution in [2.75, 3.05) is 13.7 Å². The van der Waals surface area contributed by atoms with E-state index in [4.69, 9.17) is 4.74 Å². The monoisotopic (exact) mass is 171 g/mol. The molecule has 70 valence electrons. The van der Waals surface area contributed by atoms with Crippen molar-refractivity contribution in [2.24, 2.45) is 0 Å². The topological polar surface area (TPSA) is 32.7 Å². The van der Waals surface area contributed by atoms with Crippen LogP contribution in [0.3, 0.4) is 0 Å². The fraction of sp³-hybridized carbons (Fsp3) is 0.778. The van der Waals surface area contributed by atoms with Gasteiger partial charge in [-0.1, -0.05) is 6.08 Å². The van der Waals surface area contributed by atoms with Crippen LogP contribution >= 0.6 is 0 Å². The number of aliphatic hydroxyl groups is 1. The minimum atomic E-state index is -0.503. The van der Waals surface area contributed by atoms with Crippen molar-refractivity contribution in [2.45, 2.75) is 31.7 Å². The zero-order valence-corrected chi connectivity index (χ0v) is 7.95. The van der Waals surface area contributed by atoms with Crippen LogP contribution < -0.4 is 0 Å². The molecular formula is C9H17NO2. The highest BCUT2D eigenvalue weighted by Crippen LogP contribution is 2.26. The Labute approximate surface area is 73.6 Å². The van der Waals surface area contributed by atoms with Gasteiger partial charge in [0.15, 0.2) is 0 Å². The molecular weight excluding hydrogens is 154 g/mol. The fourth-order valence-corrected chi connectivity index (χ4v) is 1.39. The molecule has 1 N–H and O–H groups in total. The molecule has 1 aliphatic rings. The first-order chi connectivity index (χ1) is 5.49. The van der Waals surface area contributed by atoms with Gasteiger partial charge in [0.1, 0.15) is 5.72 Å². The molecule has 3 nitrogen and oxygen atoms in total. The van der Waals surface area contributed by atoms with Crippen molar-refractivity contribution in [3.8, 4) is 0 Å². The molecule has 1 fully saturated rings. The summed E-state index contributed by atoms with van der Waals surface area (Å²) in [5, 5.41) is 9.52. The molecule has 0 aromatic rings. The zero-order chi connectivity index (χ0) is 9.35. The van der Waals surface area contributed by atoms with E-state index in [1.807, 2.05) is 25.8 Å². The highest BCUT2D eigenvalue weighted by molar-refractivity contribution is 4.95. The van der Waals surface area contributed by atoms with Gasteiger partial charge in [-0.15, -0.1) is 6.58 Å². The molecule has 0 aromatic heterocycles. The van der Waals surface area contributed by atoms with E-state index in [-0.39, 0.29) is 11.8 Å². The maximum Gasteiger partial charge on any atom is 0.116 e. The molecule has 2 atom stereocenters. The van der Waals surface area contributed by atoms with Crippen molar-refractivity contribution in [3.05, 3.63) is 12.7 Å². The molecule has 3 heteroatoms. The molecule has 0 spiro atoms. The largest absolute Gasteiger partial charge is 0.387 e. The predicted octanol–water partition coefficient (Wildman–Crippen LogP) is 0.600. The second-order valence-corrected chi connectivity index (χ2v) is 3.66.